The summed E-state index contributed by atoms with van der Waals surface area (Å²) in [5.74, 6) is -0.112. The zero-order valence-corrected chi connectivity index (χ0v) is 12.4. The summed E-state index contributed by atoms with van der Waals surface area (Å²) in [5, 5.41) is 1.83. The second-order valence-corrected chi connectivity index (χ2v) is 5.46. The van der Waals surface area contributed by atoms with E-state index in [1.807, 2.05) is 30.3 Å². The number of benzene rings is 2. The summed E-state index contributed by atoms with van der Waals surface area (Å²) in [5.41, 5.74) is 1.14. The molecular formula is C19H13NO3. The molecule has 4 rings (SSSR count). The number of carbonyl (C=O) groups excluding carboxylic acids is 1. The van der Waals surface area contributed by atoms with Crippen LogP contribution in [0.5, 0.6) is 0 Å². The molecule has 4 nitrogen and oxygen atoms in total. The molecule has 0 saturated carbocycles. The van der Waals surface area contributed by atoms with Gasteiger partial charge >= 0.3 is 5.63 Å². The smallest absolute Gasteiger partial charge is 0.345 e. The minimum Gasteiger partial charge on any atom is -0.422 e. The predicted molar refractivity (Wildman–Crippen MR) is 88.8 cm³/mol. The van der Waals surface area contributed by atoms with Crippen molar-refractivity contribution in [1.82, 2.24) is 4.57 Å². The predicted octanol–water partition coefficient (Wildman–Crippen LogP) is 3.52. The summed E-state index contributed by atoms with van der Waals surface area (Å²) >= 11 is 0. The van der Waals surface area contributed by atoms with Gasteiger partial charge in [0.1, 0.15) is 5.58 Å². The summed E-state index contributed by atoms with van der Waals surface area (Å²) in [7, 11) is 1.77. The number of hydrogen-bond donors (Lipinski definition) is 0. The lowest BCUT2D eigenvalue weighted by molar-refractivity contribution is 0.103. The quantitative estimate of drug-likeness (QED) is 0.420. The van der Waals surface area contributed by atoms with E-state index in [-0.39, 0.29) is 5.78 Å². The average molecular weight is 303 g/mol. The highest BCUT2D eigenvalue weighted by Gasteiger charge is 2.21. The van der Waals surface area contributed by atoms with Gasteiger partial charge in [0.2, 0.25) is 5.78 Å². The molecule has 2 heterocycles. The van der Waals surface area contributed by atoms with Crippen LogP contribution in [-0.4, -0.2) is 10.4 Å². The monoisotopic (exact) mass is 303 g/mol. The number of aromatic nitrogens is 1. The average Bonchev–Trinajstić information content (AvgIpc) is 2.93. The molecule has 0 aliphatic carbocycles. The molecule has 4 heteroatoms. The Kier molecular flexibility index (Phi) is 2.91. The van der Waals surface area contributed by atoms with Crippen LogP contribution in [0.3, 0.4) is 0 Å². The molecule has 0 aliphatic rings. The van der Waals surface area contributed by atoms with E-state index in [1.54, 1.807) is 42.1 Å². The van der Waals surface area contributed by atoms with Crippen LogP contribution in [0, 0.1) is 0 Å². The number of hydrogen-bond acceptors (Lipinski definition) is 3. The molecule has 0 bridgehead atoms. The van der Waals surface area contributed by atoms with Gasteiger partial charge in [-0.3, -0.25) is 4.79 Å². The van der Waals surface area contributed by atoms with E-state index >= 15 is 0 Å². The van der Waals surface area contributed by atoms with Crippen LogP contribution < -0.4 is 5.63 Å². The molecule has 0 spiro atoms. The fourth-order valence-corrected chi connectivity index (χ4v) is 2.97. The first-order valence-corrected chi connectivity index (χ1v) is 7.27. The van der Waals surface area contributed by atoms with Gasteiger partial charge in [0, 0.05) is 29.6 Å². The Bertz CT molecular complexity index is 1100. The van der Waals surface area contributed by atoms with Gasteiger partial charge in [-0.25, -0.2) is 4.79 Å². The van der Waals surface area contributed by atoms with Gasteiger partial charge in [-0.05, 0) is 6.07 Å². The van der Waals surface area contributed by atoms with Crippen LogP contribution in [0.4, 0.5) is 0 Å². The molecule has 23 heavy (non-hydrogen) atoms. The van der Waals surface area contributed by atoms with Crippen molar-refractivity contribution in [3.8, 4) is 0 Å². The Hall–Kier alpha value is -3.14. The van der Waals surface area contributed by atoms with Crippen LogP contribution >= 0.6 is 0 Å². The number of aryl methyl sites for hydroxylation is 1. The minimum absolute atomic E-state index is 0.112. The second-order valence-electron chi connectivity index (χ2n) is 5.46. The normalized spacial score (nSPS) is 11.2. The standard InChI is InChI=1S/C19H13NO3/c1-20-11-14-16(13-9-5-6-10-15(13)23-19(14)22)17(20)18(21)12-7-3-2-4-8-12/h2-11H,1H3. The minimum atomic E-state index is -0.429. The molecule has 0 saturated heterocycles. The van der Waals surface area contributed by atoms with Gasteiger partial charge in [-0.1, -0.05) is 48.5 Å². The maximum Gasteiger partial charge on any atom is 0.345 e. The van der Waals surface area contributed by atoms with E-state index in [1.165, 1.54) is 0 Å². The summed E-state index contributed by atoms with van der Waals surface area (Å²) in [4.78, 5) is 25.2. The lowest BCUT2D eigenvalue weighted by Gasteiger charge is -2.05. The van der Waals surface area contributed by atoms with Crippen molar-refractivity contribution in [3.63, 3.8) is 0 Å². The Morgan fingerprint density at radius 2 is 1.65 bits per heavy atom. The fraction of sp³-hybridized carbons (Fsp3) is 0.0526. The maximum absolute atomic E-state index is 12.9. The molecule has 4 aromatic rings. The van der Waals surface area contributed by atoms with Gasteiger partial charge in [-0.2, -0.15) is 0 Å². The van der Waals surface area contributed by atoms with Crippen molar-refractivity contribution in [1.29, 1.82) is 0 Å². The van der Waals surface area contributed by atoms with Gasteiger partial charge in [0.25, 0.3) is 0 Å². The van der Waals surface area contributed by atoms with Crippen molar-refractivity contribution >= 4 is 27.5 Å². The first-order chi connectivity index (χ1) is 11.2. The van der Waals surface area contributed by atoms with Crippen molar-refractivity contribution in [2.45, 2.75) is 0 Å². The maximum atomic E-state index is 12.9. The SMILES string of the molecule is Cn1cc2c(=O)oc3ccccc3c2c1C(=O)c1ccccc1. The Morgan fingerprint density at radius 3 is 2.43 bits per heavy atom. The highest BCUT2D eigenvalue weighted by Crippen LogP contribution is 2.28. The van der Waals surface area contributed by atoms with Gasteiger partial charge in [0.05, 0.1) is 11.1 Å². The van der Waals surface area contributed by atoms with Crippen molar-refractivity contribution in [2.75, 3.05) is 0 Å². The number of ketones is 1. The lowest BCUT2D eigenvalue weighted by atomic mass is 10.0. The van der Waals surface area contributed by atoms with Crippen molar-refractivity contribution < 1.29 is 9.21 Å². The first-order valence-electron chi connectivity index (χ1n) is 7.27. The number of rotatable bonds is 2. The van der Waals surface area contributed by atoms with Gasteiger partial charge in [0.15, 0.2) is 0 Å². The summed E-state index contributed by atoms with van der Waals surface area (Å²) in [6, 6.07) is 16.3. The van der Waals surface area contributed by atoms with Crippen LogP contribution in [0.25, 0.3) is 21.7 Å². The molecular weight excluding hydrogens is 290 g/mol. The topological polar surface area (TPSA) is 52.2 Å². The second kappa shape index (κ2) is 4.95. The number of para-hydroxylation sites is 1. The third-order valence-corrected chi connectivity index (χ3v) is 4.01. The van der Waals surface area contributed by atoms with Crippen molar-refractivity contribution in [3.05, 3.63) is 82.5 Å². The van der Waals surface area contributed by atoms with Crippen LogP contribution in [-0.2, 0) is 7.05 Å². The van der Waals surface area contributed by atoms with Crippen LogP contribution in [0.1, 0.15) is 16.1 Å². The molecule has 0 unspecified atom stereocenters. The Balaban J connectivity index is 2.13. The Labute approximate surface area is 131 Å². The van der Waals surface area contributed by atoms with Crippen molar-refractivity contribution in [2.24, 2.45) is 7.05 Å². The summed E-state index contributed by atoms with van der Waals surface area (Å²) in [6.45, 7) is 0. The largest absolute Gasteiger partial charge is 0.422 e. The Morgan fingerprint density at radius 1 is 0.957 bits per heavy atom. The van der Waals surface area contributed by atoms with E-state index < -0.39 is 5.63 Å². The van der Waals surface area contributed by atoms with E-state index in [9.17, 15) is 9.59 Å². The van der Waals surface area contributed by atoms with E-state index in [0.717, 1.165) is 5.39 Å². The molecule has 0 radical (unpaired) electrons. The zero-order valence-electron chi connectivity index (χ0n) is 12.4. The van der Waals surface area contributed by atoms with Crippen LogP contribution in [0.15, 0.2) is 70.0 Å². The highest BCUT2D eigenvalue weighted by molar-refractivity contribution is 6.21. The molecule has 0 fully saturated rings. The fourth-order valence-electron chi connectivity index (χ4n) is 2.97. The zero-order chi connectivity index (χ0) is 16.0. The van der Waals surface area contributed by atoms with Gasteiger partial charge < -0.3 is 8.98 Å². The number of fused-ring (bicyclic) bond motifs is 3. The highest BCUT2D eigenvalue weighted by atomic mass is 16.4. The molecule has 0 aliphatic heterocycles. The molecule has 0 amide bonds. The lowest BCUT2D eigenvalue weighted by Crippen LogP contribution is -2.07. The molecule has 2 aromatic carbocycles. The molecule has 0 N–H and O–H groups in total. The van der Waals surface area contributed by atoms with E-state index in [0.29, 0.717) is 27.6 Å². The molecule has 0 atom stereocenters. The van der Waals surface area contributed by atoms with Gasteiger partial charge in [-0.15, -0.1) is 0 Å². The third-order valence-electron chi connectivity index (χ3n) is 4.01. The number of carbonyl (C=O) groups is 1. The molecule has 112 valence electrons. The number of nitrogens with zero attached hydrogens (tertiary/aromatic N) is 1. The summed E-state index contributed by atoms with van der Waals surface area (Å²) < 4.78 is 7.05. The third kappa shape index (κ3) is 1.99. The van der Waals surface area contributed by atoms with E-state index in [2.05, 4.69) is 0 Å². The first kappa shape index (κ1) is 13.5. The summed E-state index contributed by atoms with van der Waals surface area (Å²) in [6.07, 6.45) is 1.66. The van der Waals surface area contributed by atoms with Crippen LogP contribution in [0.2, 0.25) is 0 Å². The molecule has 2 aromatic heterocycles. The van der Waals surface area contributed by atoms with E-state index in [4.69, 9.17) is 4.42 Å².